The van der Waals surface area contributed by atoms with Gasteiger partial charge in [0, 0.05) is 5.69 Å². The van der Waals surface area contributed by atoms with E-state index < -0.39 is 30.1 Å². The highest BCUT2D eigenvalue weighted by Gasteiger charge is 2.38. The third kappa shape index (κ3) is 2.56. The van der Waals surface area contributed by atoms with Gasteiger partial charge in [0.1, 0.15) is 12.4 Å². The topological polar surface area (TPSA) is 66.5 Å². The number of imide groups is 1. The fraction of sp³-hybridized carbons (Fsp3) is 0.167. The molecule has 6 heteroatoms. The van der Waals surface area contributed by atoms with Crippen molar-refractivity contribution in [1.82, 2.24) is 4.90 Å². The maximum Gasteiger partial charge on any atom is 0.265 e. The summed E-state index contributed by atoms with van der Waals surface area (Å²) >= 11 is 0. The first kappa shape index (κ1) is 15.9. The number of aryl methyl sites for hydroxylation is 2. The Kier molecular flexibility index (Phi) is 3.89. The average molecular weight is 326 g/mol. The minimum Gasteiger partial charge on any atom is -0.324 e. The molecule has 5 nitrogen and oxygen atoms in total. The Morgan fingerprint density at radius 1 is 1.04 bits per heavy atom. The van der Waals surface area contributed by atoms with Crippen LogP contribution in [-0.4, -0.2) is 29.2 Å². The van der Waals surface area contributed by atoms with Crippen LogP contribution in [0.25, 0.3) is 0 Å². The number of benzene rings is 2. The number of anilines is 1. The van der Waals surface area contributed by atoms with Crippen molar-refractivity contribution in [3.63, 3.8) is 0 Å². The molecule has 24 heavy (non-hydrogen) atoms. The summed E-state index contributed by atoms with van der Waals surface area (Å²) in [6.07, 6.45) is 0. The Hall–Kier alpha value is -3.02. The van der Waals surface area contributed by atoms with E-state index >= 15 is 0 Å². The van der Waals surface area contributed by atoms with Crippen LogP contribution in [0.2, 0.25) is 0 Å². The first-order valence-electron chi connectivity index (χ1n) is 7.41. The van der Waals surface area contributed by atoms with Gasteiger partial charge in [-0.15, -0.1) is 0 Å². The number of para-hydroxylation sites is 1. The lowest BCUT2D eigenvalue weighted by Gasteiger charge is -2.15. The van der Waals surface area contributed by atoms with E-state index in [9.17, 15) is 18.8 Å². The minimum absolute atomic E-state index is 0.0140. The predicted molar refractivity (Wildman–Crippen MR) is 86.3 cm³/mol. The van der Waals surface area contributed by atoms with E-state index in [0.29, 0.717) is 5.69 Å². The molecule has 3 rings (SSSR count). The Bertz CT molecular complexity index is 856. The van der Waals surface area contributed by atoms with Gasteiger partial charge in [-0.2, -0.15) is 0 Å². The Labute approximate surface area is 138 Å². The lowest BCUT2D eigenvalue weighted by Crippen LogP contribution is -2.37. The molecule has 1 aliphatic heterocycles. The molecule has 0 aliphatic carbocycles. The number of halogens is 1. The van der Waals surface area contributed by atoms with Crippen LogP contribution in [0.4, 0.5) is 10.1 Å². The first-order valence-corrected chi connectivity index (χ1v) is 7.41. The lowest BCUT2D eigenvalue weighted by molar-refractivity contribution is -0.116. The van der Waals surface area contributed by atoms with E-state index in [1.807, 2.05) is 32.0 Å². The second-order valence-corrected chi connectivity index (χ2v) is 5.67. The third-order valence-electron chi connectivity index (χ3n) is 4.00. The van der Waals surface area contributed by atoms with E-state index in [1.54, 1.807) is 0 Å². The molecule has 0 spiro atoms. The Morgan fingerprint density at radius 3 is 2.29 bits per heavy atom. The maximum atomic E-state index is 13.8. The molecule has 3 amide bonds. The number of hydrogen-bond donors (Lipinski definition) is 1. The number of nitrogens with zero attached hydrogens (tertiary/aromatic N) is 1. The van der Waals surface area contributed by atoms with E-state index in [0.717, 1.165) is 22.1 Å². The number of nitrogens with one attached hydrogen (secondary N) is 1. The summed E-state index contributed by atoms with van der Waals surface area (Å²) in [7, 11) is 0. The number of carbonyl (C=O) groups excluding carboxylic acids is 3. The molecule has 0 saturated carbocycles. The van der Waals surface area contributed by atoms with Crippen molar-refractivity contribution in [2.75, 3.05) is 11.9 Å². The maximum absolute atomic E-state index is 13.8. The SMILES string of the molecule is Cc1cccc(C)c1NC(=O)CN1C(=O)c2cccc(F)c2C1=O. The molecule has 2 aromatic rings. The number of hydrogen-bond acceptors (Lipinski definition) is 3. The van der Waals surface area contributed by atoms with Gasteiger partial charge in [0.25, 0.3) is 11.8 Å². The van der Waals surface area contributed by atoms with Crippen molar-refractivity contribution >= 4 is 23.4 Å². The zero-order valence-corrected chi connectivity index (χ0v) is 13.2. The number of carbonyl (C=O) groups is 3. The van der Waals surface area contributed by atoms with Crippen LogP contribution in [0.3, 0.4) is 0 Å². The molecule has 0 unspecified atom stereocenters. The van der Waals surface area contributed by atoms with Crippen LogP contribution >= 0.6 is 0 Å². The summed E-state index contributed by atoms with van der Waals surface area (Å²) in [4.78, 5) is 37.5. The van der Waals surface area contributed by atoms with Crippen LogP contribution < -0.4 is 5.32 Å². The summed E-state index contributed by atoms with van der Waals surface area (Å²) in [5.41, 5.74) is 2.10. The molecule has 1 heterocycles. The highest BCUT2D eigenvalue weighted by atomic mass is 19.1. The smallest absolute Gasteiger partial charge is 0.265 e. The number of rotatable bonds is 3. The summed E-state index contributed by atoms with van der Waals surface area (Å²) in [5.74, 6) is -2.72. The molecule has 0 saturated heterocycles. The first-order chi connectivity index (χ1) is 11.4. The molecule has 0 aromatic heterocycles. The summed E-state index contributed by atoms with van der Waals surface area (Å²) < 4.78 is 13.8. The minimum atomic E-state index is -0.787. The molecular weight excluding hydrogens is 311 g/mol. The second-order valence-electron chi connectivity index (χ2n) is 5.67. The van der Waals surface area contributed by atoms with Gasteiger partial charge in [-0.05, 0) is 37.1 Å². The van der Waals surface area contributed by atoms with Crippen molar-refractivity contribution in [3.05, 3.63) is 64.5 Å². The highest BCUT2D eigenvalue weighted by molar-refractivity contribution is 6.22. The zero-order chi connectivity index (χ0) is 17.4. The van der Waals surface area contributed by atoms with Gasteiger partial charge in [0.05, 0.1) is 11.1 Å². The van der Waals surface area contributed by atoms with Crippen LogP contribution in [-0.2, 0) is 4.79 Å². The summed E-state index contributed by atoms with van der Waals surface area (Å²) in [6.45, 7) is 3.24. The second kappa shape index (κ2) is 5.88. The van der Waals surface area contributed by atoms with Crippen molar-refractivity contribution in [1.29, 1.82) is 0 Å². The van der Waals surface area contributed by atoms with Crippen LogP contribution in [0.1, 0.15) is 31.8 Å². The van der Waals surface area contributed by atoms with Crippen LogP contribution in [0, 0.1) is 19.7 Å². The van der Waals surface area contributed by atoms with Gasteiger partial charge in [-0.1, -0.05) is 24.3 Å². The quantitative estimate of drug-likeness (QED) is 0.882. The van der Waals surface area contributed by atoms with Gasteiger partial charge in [0.2, 0.25) is 5.91 Å². The molecule has 1 aliphatic rings. The Balaban J connectivity index is 1.80. The fourth-order valence-corrected chi connectivity index (χ4v) is 2.77. The van der Waals surface area contributed by atoms with Gasteiger partial charge in [0.15, 0.2) is 0 Å². The van der Waals surface area contributed by atoms with Crippen LogP contribution in [0.5, 0.6) is 0 Å². The van der Waals surface area contributed by atoms with E-state index in [2.05, 4.69) is 5.32 Å². The highest BCUT2D eigenvalue weighted by Crippen LogP contribution is 2.25. The molecule has 0 fully saturated rings. The lowest BCUT2D eigenvalue weighted by atomic mass is 10.1. The third-order valence-corrected chi connectivity index (χ3v) is 4.00. The van der Waals surface area contributed by atoms with Crippen molar-refractivity contribution in [2.24, 2.45) is 0 Å². The van der Waals surface area contributed by atoms with Gasteiger partial charge < -0.3 is 5.32 Å². The summed E-state index contributed by atoms with van der Waals surface area (Å²) in [6, 6.07) is 9.42. The van der Waals surface area contributed by atoms with Crippen molar-refractivity contribution in [3.8, 4) is 0 Å². The fourth-order valence-electron chi connectivity index (χ4n) is 2.77. The molecule has 0 atom stereocenters. The van der Waals surface area contributed by atoms with Crippen LogP contribution in [0.15, 0.2) is 36.4 Å². The van der Waals surface area contributed by atoms with Crippen molar-refractivity contribution < 1.29 is 18.8 Å². The Morgan fingerprint density at radius 2 is 1.67 bits per heavy atom. The summed E-state index contributed by atoms with van der Waals surface area (Å²) in [5, 5.41) is 2.71. The molecular formula is C18H15FN2O3. The van der Waals surface area contributed by atoms with Gasteiger partial charge in [-0.3, -0.25) is 19.3 Å². The molecule has 0 radical (unpaired) electrons. The number of fused-ring (bicyclic) bond motifs is 1. The molecule has 0 bridgehead atoms. The monoisotopic (exact) mass is 326 g/mol. The van der Waals surface area contributed by atoms with E-state index in [1.165, 1.54) is 12.1 Å². The normalized spacial score (nSPS) is 13.2. The standard InChI is InChI=1S/C18H15FN2O3/c1-10-5-3-6-11(2)16(10)20-14(22)9-21-17(23)12-7-4-8-13(19)15(12)18(21)24/h3-8H,9H2,1-2H3,(H,20,22). The average Bonchev–Trinajstić information content (AvgIpc) is 2.77. The molecule has 1 N–H and O–H groups in total. The van der Waals surface area contributed by atoms with Gasteiger partial charge in [-0.25, -0.2) is 4.39 Å². The zero-order valence-electron chi connectivity index (χ0n) is 13.2. The van der Waals surface area contributed by atoms with E-state index in [4.69, 9.17) is 0 Å². The largest absolute Gasteiger partial charge is 0.324 e. The predicted octanol–water partition coefficient (Wildman–Crippen LogP) is 2.68. The number of amides is 3. The van der Waals surface area contributed by atoms with E-state index in [-0.39, 0.29) is 11.1 Å². The molecule has 2 aromatic carbocycles. The van der Waals surface area contributed by atoms with Crippen molar-refractivity contribution in [2.45, 2.75) is 13.8 Å². The molecule has 122 valence electrons. The van der Waals surface area contributed by atoms with Gasteiger partial charge >= 0.3 is 0 Å².